The number of non-ortho nitro benzene ring substituents is 1. The Morgan fingerprint density at radius 3 is 2.58 bits per heavy atom. The number of benzene rings is 1. The zero-order chi connectivity index (χ0) is 17.3. The second-order valence-electron chi connectivity index (χ2n) is 5.47. The SMILES string of the molecule is Cc1csc(N2CCN(C(=O)c3ccc([N+](=O)[O-])cc3F)CC2)n1. The van der Waals surface area contributed by atoms with Crippen molar-refractivity contribution < 1.29 is 14.1 Å². The number of nitro groups is 1. The van der Waals surface area contributed by atoms with E-state index >= 15 is 0 Å². The molecule has 3 rings (SSSR count). The van der Waals surface area contributed by atoms with E-state index in [9.17, 15) is 19.3 Å². The molecule has 1 saturated heterocycles. The number of carbonyl (C=O) groups is 1. The van der Waals surface area contributed by atoms with Gasteiger partial charge in [-0.1, -0.05) is 0 Å². The van der Waals surface area contributed by atoms with Crippen LogP contribution in [0, 0.1) is 22.9 Å². The minimum Gasteiger partial charge on any atom is -0.345 e. The van der Waals surface area contributed by atoms with Gasteiger partial charge in [0.25, 0.3) is 11.6 Å². The Morgan fingerprint density at radius 2 is 2.04 bits per heavy atom. The Kier molecular flexibility index (Phi) is 4.43. The fourth-order valence-electron chi connectivity index (χ4n) is 2.55. The van der Waals surface area contributed by atoms with E-state index in [1.807, 2.05) is 12.3 Å². The number of hydrogen-bond acceptors (Lipinski definition) is 6. The smallest absolute Gasteiger partial charge is 0.272 e. The highest BCUT2D eigenvalue weighted by atomic mass is 32.1. The Morgan fingerprint density at radius 1 is 1.33 bits per heavy atom. The highest BCUT2D eigenvalue weighted by Crippen LogP contribution is 2.23. The van der Waals surface area contributed by atoms with Gasteiger partial charge in [-0.05, 0) is 13.0 Å². The second-order valence-corrected chi connectivity index (χ2v) is 6.31. The van der Waals surface area contributed by atoms with Crippen molar-refractivity contribution in [3.63, 3.8) is 0 Å². The van der Waals surface area contributed by atoms with Gasteiger partial charge in [0.15, 0.2) is 5.13 Å². The quantitative estimate of drug-likeness (QED) is 0.627. The highest BCUT2D eigenvalue weighted by molar-refractivity contribution is 7.13. The molecule has 0 spiro atoms. The van der Waals surface area contributed by atoms with Gasteiger partial charge in [-0.2, -0.15) is 0 Å². The third-order valence-electron chi connectivity index (χ3n) is 3.84. The Labute approximate surface area is 141 Å². The predicted octanol–water partition coefficient (Wildman–Crippen LogP) is 2.46. The van der Waals surface area contributed by atoms with Crippen LogP contribution >= 0.6 is 11.3 Å². The molecule has 24 heavy (non-hydrogen) atoms. The predicted molar refractivity (Wildman–Crippen MR) is 88.0 cm³/mol. The summed E-state index contributed by atoms with van der Waals surface area (Å²) in [7, 11) is 0. The lowest BCUT2D eigenvalue weighted by molar-refractivity contribution is -0.385. The summed E-state index contributed by atoms with van der Waals surface area (Å²) in [6, 6.07) is 3.10. The molecular formula is C15H15FN4O3S. The first-order chi connectivity index (χ1) is 11.5. The van der Waals surface area contributed by atoms with E-state index < -0.39 is 16.6 Å². The van der Waals surface area contributed by atoms with Gasteiger partial charge in [0.1, 0.15) is 5.82 Å². The van der Waals surface area contributed by atoms with Crippen LogP contribution in [-0.2, 0) is 0 Å². The number of amides is 1. The molecule has 1 aliphatic rings. The van der Waals surface area contributed by atoms with E-state index in [1.54, 1.807) is 16.2 Å². The molecule has 0 aliphatic carbocycles. The summed E-state index contributed by atoms with van der Waals surface area (Å²) >= 11 is 1.56. The van der Waals surface area contributed by atoms with Crippen LogP contribution < -0.4 is 4.90 Å². The second kappa shape index (κ2) is 6.52. The first kappa shape index (κ1) is 16.3. The molecule has 9 heteroatoms. The van der Waals surface area contributed by atoms with Crippen LogP contribution in [0.3, 0.4) is 0 Å². The van der Waals surface area contributed by atoms with Crippen LogP contribution in [0.25, 0.3) is 0 Å². The molecule has 1 fully saturated rings. The maximum Gasteiger partial charge on any atom is 0.272 e. The minimum absolute atomic E-state index is 0.140. The van der Waals surface area contributed by atoms with Gasteiger partial charge in [0.05, 0.1) is 22.2 Å². The van der Waals surface area contributed by atoms with Gasteiger partial charge in [-0.25, -0.2) is 9.37 Å². The lowest BCUT2D eigenvalue weighted by atomic mass is 10.1. The number of hydrogen-bond donors (Lipinski definition) is 0. The van der Waals surface area contributed by atoms with Crippen LogP contribution in [0.15, 0.2) is 23.6 Å². The van der Waals surface area contributed by atoms with Crippen LogP contribution in [0.1, 0.15) is 16.1 Å². The van der Waals surface area contributed by atoms with Gasteiger partial charge >= 0.3 is 0 Å². The fraction of sp³-hybridized carbons (Fsp3) is 0.333. The molecule has 7 nitrogen and oxygen atoms in total. The summed E-state index contributed by atoms with van der Waals surface area (Å²) in [6.07, 6.45) is 0. The van der Waals surface area contributed by atoms with Crippen molar-refractivity contribution in [3.8, 4) is 0 Å². The minimum atomic E-state index is -0.868. The molecule has 0 radical (unpaired) electrons. The average Bonchev–Trinajstić information content (AvgIpc) is 3.00. The molecule has 0 bridgehead atoms. The van der Waals surface area contributed by atoms with E-state index in [1.165, 1.54) is 6.07 Å². The average molecular weight is 350 g/mol. The first-order valence-electron chi connectivity index (χ1n) is 7.36. The van der Waals surface area contributed by atoms with E-state index in [-0.39, 0.29) is 11.3 Å². The molecule has 0 unspecified atom stereocenters. The number of aromatic nitrogens is 1. The standard InChI is InChI=1S/C15H15FN4O3S/c1-10-9-24-15(17-10)19-6-4-18(5-7-19)14(21)12-3-2-11(20(22)23)8-13(12)16/h2-3,8-9H,4-7H2,1H3. The molecule has 126 valence electrons. The monoisotopic (exact) mass is 350 g/mol. The molecule has 1 aromatic heterocycles. The van der Waals surface area contributed by atoms with Crippen LogP contribution in [0.5, 0.6) is 0 Å². The van der Waals surface area contributed by atoms with Crippen molar-refractivity contribution in [1.29, 1.82) is 0 Å². The normalized spacial score (nSPS) is 14.8. The van der Waals surface area contributed by atoms with Gasteiger partial charge in [0.2, 0.25) is 0 Å². The number of thiazole rings is 1. The molecule has 2 heterocycles. The zero-order valence-electron chi connectivity index (χ0n) is 12.9. The summed E-state index contributed by atoms with van der Waals surface area (Å²) in [5, 5.41) is 13.5. The Bertz CT molecular complexity index is 787. The van der Waals surface area contributed by atoms with Crippen LogP contribution in [0.2, 0.25) is 0 Å². The van der Waals surface area contributed by atoms with Crippen molar-refractivity contribution >= 4 is 28.1 Å². The molecule has 0 atom stereocenters. The highest BCUT2D eigenvalue weighted by Gasteiger charge is 2.26. The summed E-state index contributed by atoms with van der Waals surface area (Å²) in [6.45, 7) is 4.07. The first-order valence-corrected chi connectivity index (χ1v) is 8.24. The number of halogens is 1. The van der Waals surface area contributed by atoms with Crippen LogP contribution in [-0.4, -0.2) is 46.9 Å². The largest absolute Gasteiger partial charge is 0.345 e. The summed E-state index contributed by atoms with van der Waals surface area (Å²) < 4.78 is 14.0. The van der Waals surface area contributed by atoms with Crippen molar-refractivity contribution in [1.82, 2.24) is 9.88 Å². The third kappa shape index (κ3) is 3.21. The van der Waals surface area contributed by atoms with Crippen LogP contribution in [0.4, 0.5) is 15.2 Å². The number of rotatable bonds is 3. The van der Waals surface area contributed by atoms with Crippen molar-refractivity contribution in [2.45, 2.75) is 6.92 Å². The number of nitrogens with zero attached hydrogens (tertiary/aromatic N) is 4. The van der Waals surface area contributed by atoms with E-state index in [0.717, 1.165) is 23.0 Å². The molecule has 1 aliphatic heterocycles. The lowest BCUT2D eigenvalue weighted by Gasteiger charge is -2.34. The maximum absolute atomic E-state index is 14.0. The summed E-state index contributed by atoms with van der Waals surface area (Å²) in [5.41, 5.74) is 0.452. The van der Waals surface area contributed by atoms with E-state index in [2.05, 4.69) is 9.88 Å². The van der Waals surface area contributed by atoms with Gasteiger partial charge < -0.3 is 9.80 Å². The number of carbonyl (C=O) groups excluding carboxylic acids is 1. The van der Waals surface area contributed by atoms with Crippen molar-refractivity contribution in [2.75, 3.05) is 31.1 Å². The third-order valence-corrected chi connectivity index (χ3v) is 4.86. The topological polar surface area (TPSA) is 79.6 Å². The van der Waals surface area contributed by atoms with E-state index in [4.69, 9.17) is 0 Å². The Balaban J connectivity index is 1.68. The Hall–Kier alpha value is -2.55. The van der Waals surface area contributed by atoms with E-state index in [0.29, 0.717) is 26.2 Å². The summed E-state index contributed by atoms with van der Waals surface area (Å²) in [4.78, 5) is 30.5. The summed E-state index contributed by atoms with van der Waals surface area (Å²) in [5.74, 6) is -1.32. The molecule has 0 N–H and O–H groups in total. The van der Waals surface area contributed by atoms with Gasteiger partial charge in [0, 0.05) is 37.6 Å². The lowest BCUT2D eigenvalue weighted by Crippen LogP contribution is -2.49. The number of piperazine rings is 1. The van der Waals surface area contributed by atoms with Gasteiger partial charge in [-0.3, -0.25) is 14.9 Å². The zero-order valence-corrected chi connectivity index (χ0v) is 13.8. The fourth-order valence-corrected chi connectivity index (χ4v) is 3.41. The number of anilines is 1. The molecule has 0 saturated carbocycles. The molecule has 2 aromatic rings. The number of aryl methyl sites for hydroxylation is 1. The molecule has 1 amide bonds. The van der Waals surface area contributed by atoms with Crippen molar-refractivity contribution in [3.05, 3.63) is 50.8 Å². The number of nitro benzene ring substituents is 1. The van der Waals surface area contributed by atoms with Crippen molar-refractivity contribution in [2.24, 2.45) is 0 Å². The van der Waals surface area contributed by atoms with Gasteiger partial charge in [-0.15, -0.1) is 11.3 Å². The molecule has 1 aromatic carbocycles. The maximum atomic E-state index is 14.0. The molecular weight excluding hydrogens is 335 g/mol.